The summed E-state index contributed by atoms with van der Waals surface area (Å²) in [5.41, 5.74) is 1.24. The van der Waals surface area contributed by atoms with Gasteiger partial charge in [0.25, 0.3) is 0 Å². The van der Waals surface area contributed by atoms with Crippen molar-refractivity contribution in [2.24, 2.45) is 0 Å². The highest BCUT2D eigenvalue weighted by molar-refractivity contribution is 5.18. The molecule has 2 N–H and O–H groups in total. The third-order valence-electron chi connectivity index (χ3n) is 2.46. The van der Waals surface area contributed by atoms with Crippen molar-refractivity contribution in [1.29, 1.82) is 0 Å². The number of aliphatic hydroxyl groups excluding tert-OH is 2. The maximum absolute atomic E-state index is 9.52. The molecule has 0 heterocycles. The third-order valence-corrected chi connectivity index (χ3v) is 2.46. The highest BCUT2D eigenvalue weighted by Crippen LogP contribution is 2.20. The van der Waals surface area contributed by atoms with E-state index in [-0.39, 0.29) is 6.61 Å². The van der Waals surface area contributed by atoms with Gasteiger partial charge in [0.1, 0.15) is 0 Å². The molecule has 0 aliphatic rings. The Morgan fingerprint density at radius 2 is 1.86 bits per heavy atom. The van der Waals surface area contributed by atoms with Crippen LogP contribution in [0.2, 0.25) is 0 Å². The fourth-order valence-corrected chi connectivity index (χ4v) is 1.59. The van der Waals surface area contributed by atoms with E-state index in [9.17, 15) is 5.11 Å². The number of hydrogen-bond donors (Lipinski definition) is 2. The Kier molecular flexibility index (Phi) is 4.63. The second-order valence-electron chi connectivity index (χ2n) is 3.71. The summed E-state index contributed by atoms with van der Waals surface area (Å²) >= 11 is 0. The first kappa shape index (κ1) is 11.2. The average molecular weight is 194 g/mol. The van der Waals surface area contributed by atoms with Gasteiger partial charge in [0.15, 0.2) is 0 Å². The molecule has 0 saturated carbocycles. The summed E-state index contributed by atoms with van der Waals surface area (Å²) in [6, 6.07) is 10.1. The van der Waals surface area contributed by atoms with Gasteiger partial charge in [-0.05, 0) is 24.3 Å². The van der Waals surface area contributed by atoms with Gasteiger partial charge < -0.3 is 10.2 Å². The van der Waals surface area contributed by atoms with Crippen LogP contribution in [0.3, 0.4) is 0 Å². The summed E-state index contributed by atoms with van der Waals surface area (Å²) in [6.45, 7) is 2.15. The minimum Gasteiger partial charge on any atom is -0.396 e. The zero-order valence-electron chi connectivity index (χ0n) is 8.56. The van der Waals surface area contributed by atoms with Crippen molar-refractivity contribution in [3.8, 4) is 0 Å². The van der Waals surface area contributed by atoms with Gasteiger partial charge in [-0.15, -0.1) is 0 Å². The summed E-state index contributed by atoms with van der Waals surface area (Å²) in [4.78, 5) is 0. The van der Waals surface area contributed by atoms with Crippen LogP contribution in [0.5, 0.6) is 0 Å². The molecule has 2 atom stereocenters. The van der Waals surface area contributed by atoms with Crippen LogP contribution in [0.15, 0.2) is 30.3 Å². The van der Waals surface area contributed by atoms with Crippen molar-refractivity contribution < 1.29 is 10.2 Å². The molecule has 0 aliphatic carbocycles. The molecular weight excluding hydrogens is 176 g/mol. The molecule has 0 aromatic heterocycles. The summed E-state index contributed by atoms with van der Waals surface area (Å²) in [5.74, 6) is 0.345. The van der Waals surface area contributed by atoms with E-state index < -0.39 is 6.10 Å². The van der Waals surface area contributed by atoms with E-state index in [4.69, 9.17) is 5.11 Å². The van der Waals surface area contributed by atoms with Crippen LogP contribution in [0.25, 0.3) is 0 Å². The lowest BCUT2D eigenvalue weighted by Gasteiger charge is -2.15. The van der Waals surface area contributed by atoms with E-state index in [1.54, 1.807) is 0 Å². The molecule has 0 spiro atoms. The van der Waals surface area contributed by atoms with Crippen molar-refractivity contribution in [1.82, 2.24) is 0 Å². The molecule has 1 rings (SSSR count). The van der Waals surface area contributed by atoms with Gasteiger partial charge in [0, 0.05) is 6.61 Å². The van der Waals surface area contributed by atoms with Gasteiger partial charge in [0.05, 0.1) is 6.10 Å². The summed E-state index contributed by atoms with van der Waals surface area (Å²) in [7, 11) is 0. The van der Waals surface area contributed by atoms with Crippen LogP contribution in [0, 0.1) is 0 Å². The largest absolute Gasteiger partial charge is 0.396 e. The molecule has 78 valence electrons. The molecule has 0 bridgehead atoms. The molecule has 0 radical (unpaired) electrons. The molecule has 1 aromatic carbocycles. The first-order valence-corrected chi connectivity index (χ1v) is 5.08. The van der Waals surface area contributed by atoms with Gasteiger partial charge in [-0.1, -0.05) is 37.3 Å². The van der Waals surface area contributed by atoms with E-state index >= 15 is 0 Å². The molecule has 1 aromatic rings. The predicted molar refractivity (Wildman–Crippen MR) is 57.2 cm³/mol. The van der Waals surface area contributed by atoms with Crippen molar-refractivity contribution >= 4 is 0 Å². The van der Waals surface area contributed by atoms with E-state index in [2.05, 4.69) is 19.1 Å². The quantitative estimate of drug-likeness (QED) is 0.752. The Balaban J connectivity index is 2.46. The Bertz CT molecular complexity index is 246. The fourth-order valence-electron chi connectivity index (χ4n) is 1.59. The number of hydrogen-bond acceptors (Lipinski definition) is 2. The van der Waals surface area contributed by atoms with Crippen LogP contribution in [-0.2, 0) is 0 Å². The zero-order valence-corrected chi connectivity index (χ0v) is 8.56. The molecule has 0 amide bonds. The van der Waals surface area contributed by atoms with Crippen molar-refractivity contribution in [3.05, 3.63) is 35.9 Å². The highest BCUT2D eigenvalue weighted by Gasteiger charge is 2.10. The van der Waals surface area contributed by atoms with Gasteiger partial charge in [-0.25, -0.2) is 0 Å². The van der Waals surface area contributed by atoms with Crippen molar-refractivity contribution in [3.63, 3.8) is 0 Å². The first-order valence-electron chi connectivity index (χ1n) is 5.08. The summed E-state index contributed by atoms with van der Waals surface area (Å²) in [5, 5.41) is 18.2. The standard InChI is InChI=1S/C12H18O2/c1-10(9-12(14)7-8-13)11-5-3-2-4-6-11/h2-6,10,12-14H,7-9H2,1H3/t10-,12+/m1/s1. The maximum atomic E-state index is 9.52. The highest BCUT2D eigenvalue weighted by atomic mass is 16.3. The lowest BCUT2D eigenvalue weighted by molar-refractivity contribution is 0.119. The molecule has 2 heteroatoms. The van der Waals surface area contributed by atoms with Crippen LogP contribution >= 0.6 is 0 Å². The van der Waals surface area contributed by atoms with Gasteiger partial charge in [-0.3, -0.25) is 0 Å². The predicted octanol–water partition coefficient (Wildman–Crippen LogP) is 1.92. The van der Waals surface area contributed by atoms with Gasteiger partial charge >= 0.3 is 0 Å². The SMILES string of the molecule is C[C@H](C[C@@H](O)CCO)c1ccccc1. The molecule has 0 unspecified atom stereocenters. The maximum Gasteiger partial charge on any atom is 0.0567 e. The Morgan fingerprint density at radius 3 is 2.43 bits per heavy atom. The smallest absolute Gasteiger partial charge is 0.0567 e. The van der Waals surface area contributed by atoms with E-state index in [0.717, 1.165) is 0 Å². The number of aliphatic hydroxyl groups is 2. The Hall–Kier alpha value is -0.860. The molecule has 0 aliphatic heterocycles. The normalized spacial score (nSPS) is 15.1. The minimum atomic E-state index is -0.393. The second-order valence-corrected chi connectivity index (χ2v) is 3.71. The van der Waals surface area contributed by atoms with E-state index in [1.807, 2.05) is 18.2 Å². The summed E-state index contributed by atoms with van der Waals surface area (Å²) < 4.78 is 0. The second kappa shape index (κ2) is 5.78. The Morgan fingerprint density at radius 1 is 1.21 bits per heavy atom. The summed E-state index contributed by atoms with van der Waals surface area (Å²) in [6.07, 6.45) is 0.789. The van der Waals surface area contributed by atoms with Crippen LogP contribution in [0.4, 0.5) is 0 Å². The zero-order chi connectivity index (χ0) is 10.4. The topological polar surface area (TPSA) is 40.5 Å². The molecular formula is C12H18O2. The van der Waals surface area contributed by atoms with E-state index in [1.165, 1.54) is 5.56 Å². The number of rotatable bonds is 5. The van der Waals surface area contributed by atoms with Crippen LogP contribution in [-0.4, -0.2) is 22.9 Å². The lowest BCUT2D eigenvalue weighted by Crippen LogP contribution is -2.12. The van der Waals surface area contributed by atoms with Gasteiger partial charge in [-0.2, -0.15) is 0 Å². The van der Waals surface area contributed by atoms with Crippen molar-refractivity contribution in [2.45, 2.75) is 31.8 Å². The molecule has 0 fully saturated rings. The molecule has 2 nitrogen and oxygen atoms in total. The van der Waals surface area contributed by atoms with Gasteiger partial charge in [0.2, 0.25) is 0 Å². The Labute approximate surface area is 85.2 Å². The van der Waals surface area contributed by atoms with E-state index in [0.29, 0.717) is 18.8 Å². The lowest BCUT2D eigenvalue weighted by atomic mass is 9.94. The first-order chi connectivity index (χ1) is 6.74. The fraction of sp³-hybridized carbons (Fsp3) is 0.500. The number of benzene rings is 1. The minimum absolute atomic E-state index is 0.0582. The molecule has 14 heavy (non-hydrogen) atoms. The van der Waals surface area contributed by atoms with Crippen molar-refractivity contribution in [2.75, 3.05) is 6.61 Å². The molecule has 0 saturated heterocycles. The monoisotopic (exact) mass is 194 g/mol. The third kappa shape index (κ3) is 3.48. The van der Waals surface area contributed by atoms with Crippen LogP contribution < -0.4 is 0 Å². The van der Waals surface area contributed by atoms with Crippen LogP contribution in [0.1, 0.15) is 31.2 Å². The average Bonchev–Trinajstić information content (AvgIpc) is 2.19.